The molecule has 0 amide bonds. The average Bonchev–Trinajstić information content (AvgIpc) is 2.96. The molecule has 0 aliphatic carbocycles. The lowest BCUT2D eigenvalue weighted by Crippen LogP contribution is -2.22. The molecule has 0 saturated heterocycles. The summed E-state index contributed by atoms with van der Waals surface area (Å²) >= 11 is 0. The van der Waals surface area contributed by atoms with Crippen LogP contribution in [0.5, 0.6) is 0 Å². The van der Waals surface area contributed by atoms with Gasteiger partial charge in [0, 0.05) is 12.4 Å². The molecule has 2 N–H and O–H groups in total. The van der Waals surface area contributed by atoms with Gasteiger partial charge in [-0.05, 0) is 5.56 Å². The maximum absolute atomic E-state index is 12.0. The molecular formula is C16H13N3O5. The molecule has 0 saturated carbocycles. The number of carbonyl (C=O) groups is 2. The number of ether oxygens (including phenoxy) is 1. The predicted molar refractivity (Wildman–Crippen MR) is 83.0 cm³/mol. The summed E-state index contributed by atoms with van der Waals surface area (Å²) in [6.45, 7) is 0. The smallest absolute Gasteiger partial charge is 0.341 e. The lowest BCUT2D eigenvalue weighted by molar-refractivity contribution is -0.139. The molecule has 0 spiro atoms. The third kappa shape index (κ3) is 2.54. The number of aromatic nitrogens is 3. The van der Waals surface area contributed by atoms with Gasteiger partial charge in [-0.1, -0.05) is 30.3 Å². The van der Waals surface area contributed by atoms with Crippen molar-refractivity contribution >= 4 is 11.9 Å². The maximum Gasteiger partial charge on any atom is 0.341 e. The normalized spacial score (nSPS) is 12.0. The Morgan fingerprint density at radius 3 is 2.58 bits per heavy atom. The fourth-order valence-electron chi connectivity index (χ4n) is 2.54. The summed E-state index contributed by atoms with van der Waals surface area (Å²) in [6.07, 6.45) is 2.68. The van der Waals surface area contributed by atoms with E-state index in [9.17, 15) is 19.5 Å². The number of aromatic amines is 1. The second kappa shape index (κ2) is 5.99. The van der Waals surface area contributed by atoms with Gasteiger partial charge in [0.1, 0.15) is 11.3 Å². The molecule has 0 fully saturated rings. The highest BCUT2D eigenvalue weighted by molar-refractivity contribution is 5.96. The van der Waals surface area contributed by atoms with Gasteiger partial charge in [0.15, 0.2) is 6.04 Å². The van der Waals surface area contributed by atoms with Gasteiger partial charge in [0.25, 0.3) is 5.56 Å². The molecule has 122 valence electrons. The molecule has 0 bridgehead atoms. The Balaban J connectivity index is 2.26. The van der Waals surface area contributed by atoms with Crippen LogP contribution in [0.1, 0.15) is 22.0 Å². The number of carboxylic acids is 1. The summed E-state index contributed by atoms with van der Waals surface area (Å²) in [6, 6.07) is 7.39. The van der Waals surface area contributed by atoms with Crippen molar-refractivity contribution in [1.29, 1.82) is 0 Å². The van der Waals surface area contributed by atoms with Crippen LogP contribution in [-0.2, 0) is 9.53 Å². The first-order valence-corrected chi connectivity index (χ1v) is 6.99. The molecular weight excluding hydrogens is 314 g/mol. The number of H-pyrrole nitrogens is 1. The first-order chi connectivity index (χ1) is 11.5. The quantitative estimate of drug-likeness (QED) is 0.694. The van der Waals surface area contributed by atoms with Crippen LogP contribution in [0.3, 0.4) is 0 Å². The van der Waals surface area contributed by atoms with Crippen LogP contribution in [0.15, 0.2) is 47.5 Å². The summed E-state index contributed by atoms with van der Waals surface area (Å²) < 4.78 is 5.99. The van der Waals surface area contributed by atoms with Gasteiger partial charge in [-0.3, -0.25) is 4.79 Å². The highest BCUT2D eigenvalue weighted by Gasteiger charge is 2.27. The highest BCUT2D eigenvalue weighted by Crippen LogP contribution is 2.26. The van der Waals surface area contributed by atoms with Crippen LogP contribution in [-0.4, -0.2) is 38.9 Å². The molecule has 1 unspecified atom stereocenters. The molecule has 8 nitrogen and oxygen atoms in total. The SMILES string of the molecule is COC(=O)c1cn(C(C(=O)O)c2ccccc2)cc2c(=O)[nH]nc1-2. The van der Waals surface area contributed by atoms with Crippen molar-refractivity contribution in [3.05, 3.63) is 64.2 Å². The minimum atomic E-state index is -1.13. The highest BCUT2D eigenvalue weighted by atomic mass is 16.5. The number of carboxylic acid groups (broad SMARTS) is 1. The Morgan fingerprint density at radius 2 is 1.96 bits per heavy atom. The Morgan fingerprint density at radius 1 is 1.25 bits per heavy atom. The monoisotopic (exact) mass is 327 g/mol. The van der Waals surface area contributed by atoms with Gasteiger partial charge in [-0.2, -0.15) is 5.10 Å². The predicted octanol–water partition coefficient (Wildman–Crippen LogP) is 1.14. The summed E-state index contributed by atoms with van der Waals surface area (Å²) in [4.78, 5) is 35.6. The first kappa shape index (κ1) is 15.5. The molecule has 2 heterocycles. The largest absolute Gasteiger partial charge is 0.479 e. The van der Waals surface area contributed by atoms with Crippen LogP contribution in [0.4, 0.5) is 0 Å². The van der Waals surface area contributed by atoms with E-state index in [1.165, 1.54) is 24.1 Å². The molecule has 8 heteroatoms. The summed E-state index contributed by atoms with van der Waals surface area (Å²) in [5, 5.41) is 15.7. The Kier molecular flexibility index (Phi) is 3.87. The van der Waals surface area contributed by atoms with Crippen LogP contribution in [0.2, 0.25) is 0 Å². The van der Waals surface area contributed by atoms with Gasteiger partial charge in [0.2, 0.25) is 0 Å². The average molecular weight is 327 g/mol. The van der Waals surface area contributed by atoms with Crippen molar-refractivity contribution < 1.29 is 19.4 Å². The van der Waals surface area contributed by atoms with Crippen molar-refractivity contribution in [1.82, 2.24) is 14.8 Å². The van der Waals surface area contributed by atoms with Crippen molar-refractivity contribution in [2.45, 2.75) is 6.04 Å². The van der Waals surface area contributed by atoms with Gasteiger partial charge >= 0.3 is 11.9 Å². The Hall–Kier alpha value is -3.42. The molecule has 2 aliphatic heterocycles. The zero-order valence-corrected chi connectivity index (χ0v) is 12.6. The first-order valence-electron chi connectivity index (χ1n) is 6.99. The molecule has 1 atom stereocenters. The Bertz CT molecular complexity index is 928. The molecule has 3 rings (SSSR count). The number of aliphatic carboxylic acids is 1. The van der Waals surface area contributed by atoms with Crippen LogP contribution >= 0.6 is 0 Å². The number of carbonyl (C=O) groups excluding carboxylic acids is 1. The van der Waals surface area contributed by atoms with E-state index in [4.69, 9.17) is 4.74 Å². The zero-order chi connectivity index (χ0) is 17.3. The van der Waals surface area contributed by atoms with Crippen LogP contribution in [0, 0.1) is 0 Å². The summed E-state index contributed by atoms with van der Waals surface area (Å²) in [5.74, 6) is -1.84. The van der Waals surface area contributed by atoms with Crippen LogP contribution < -0.4 is 5.56 Å². The minimum Gasteiger partial charge on any atom is -0.479 e. The van der Waals surface area contributed by atoms with E-state index in [0.717, 1.165) is 0 Å². The molecule has 2 aliphatic rings. The number of hydrogen-bond acceptors (Lipinski definition) is 5. The van der Waals surface area contributed by atoms with Crippen molar-refractivity contribution in [3.8, 4) is 11.3 Å². The van der Waals surface area contributed by atoms with Gasteiger partial charge in [0.05, 0.1) is 12.7 Å². The molecule has 0 aromatic heterocycles. The van der Waals surface area contributed by atoms with E-state index in [2.05, 4.69) is 10.2 Å². The van der Waals surface area contributed by atoms with Gasteiger partial charge < -0.3 is 14.4 Å². The fraction of sp³-hybridized carbons (Fsp3) is 0.125. The number of hydrogen-bond donors (Lipinski definition) is 2. The lowest BCUT2D eigenvalue weighted by Gasteiger charge is -2.19. The second-order valence-corrected chi connectivity index (χ2v) is 5.08. The number of rotatable bonds is 4. The summed E-state index contributed by atoms with van der Waals surface area (Å²) in [7, 11) is 1.20. The fourth-order valence-corrected chi connectivity index (χ4v) is 2.54. The van der Waals surface area contributed by atoms with Crippen LogP contribution in [0.25, 0.3) is 11.3 Å². The third-order valence-corrected chi connectivity index (χ3v) is 3.63. The zero-order valence-electron chi connectivity index (χ0n) is 12.6. The van der Waals surface area contributed by atoms with E-state index >= 15 is 0 Å². The number of nitrogens with zero attached hydrogens (tertiary/aromatic N) is 2. The topological polar surface area (TPSA) is 114 Å². The maximum atomic E-state index is 12.0. The van der Waals surface area contributed by atoms with Crippen molar-refractivity contribution in [3.63, 3.8) is 0 Å². The van der Waals surface area contributed by atoms with E-state index in [1.54, 1.807) is 30.3 Å². The van der Waals surface area contributed by atoms with E-state index < -0.39 is 23.5 Å². The lowest BCUT2D eigenvalue weighted by atomic mass is 10.0. The van der Waals surface area contributed by atoms with Crippen molar-refractivity contribution in [2.24, 2.45) is 0 Å². The molecule has 24 heavy (non-hydrogen) atoms. The number of esters is 1. The van der Waals surface area contributed by atoms with Gasteiger partial charge in [-0.15, -0.1) is 0 Å². The molecule has 1 aromatic rings. The number of pyridine rings is 1. The number of nitrogens with one attached hydrogen (secondary N) is 1. The second-order valence-electron chi connectivity index (χ2n) is 5.08. The number of methoxy groups -OCH3 is 1. The Labute approximate surface area is 135 Å². The number of benzene rings is 1. The standard InChI is InChI=1S/C16H13N3O5/c1-24-16(23)11-8-19(7-10-12(11)17-18-14(10)20)13(15(21)22)9-5-3-2-4-6-9/h2-8,13H,1H3,(H,18,20)(H,21,22). The van der Waals surface area contributed by atoms with E-state index in [0.29, 0.717) is 5.56 Å². The third-order valence-electron chi connectivity index (χ3n) is 3.63. The van der Waals surface area contributed by atoms with Gasteiger partial charge in [-0.25, -0.2) is 14.7 Å². The van der Waals surface area contributed by atoms with Crippen molar-refractivity contribution in [2.75, 3.05) is 7.11 Å². The van der Waals surface area contributed by atoms with E-state index in [-0.39, 0.29) is 16.8 Å². The molecule has 1 aromatic carbocycles. The number of fused-ring (bicyclic) bond motifs is 1. The minimum absolute atomic E-state index is 0.00975. The molecule has 0 radical (unpaired) electrons. The van der Waals surface area contributed by atoms with E-state index in [1.807, 2.05) is 0 Å². The summed E-state index contributed by atoms with van der Waals surface area (Å²) in [5.41, 5.74) is 0.249.